The largest absolute Gasteiger partial charge is 0.348 e. The molecule has 0 aliphatic heterocycles. The highest BCUT2D eigenvalue weighted by molar-refractivity contribution is 7.89. The number of para-hydroxylation sites is 2. The highest BCUT2D eigenvalue weighted by Crippen LogP contribution is 2.19. The first-order chi connectivity index (χ1) is 12.7. The van der Waals surface area contributed by atoms with Gasteiger partial charge in [-0.05, 0) is 37.1 Å². The lowest BCUT2D eigenvalue weighted by Crippen LogP contribution is -2.31. The monoisotopic (exact) mass is 385 g/mol. The molecule has 0 saturated heterocycles. The lowest BCUT2D eigenvalue weighted by atomic mass is 10.0. The molecule has 3 rings (SSSR count). The summed E-state index contributed by atoms with van der Waals surface area (Å²) < 4.78 is 25.2. The van der Waals surface area contributed by atoms with Gasteiger partial charge in [0.2, 0.25) is 5.91 Å². The molecule has 0 aliphatic carbocycles. The van der Waals surface area contributed by atoms with E-state index in [1.165, 1.54) is 0 Å². The smallest absolute Gasteiger partial charge is 0.240 e. The number of aromatic nitrogens is 2. The third-order valence-corrected chi connectivity index (χ3v) is 5.24. The zero-order valence-electron chi connectivity index (χ0n) is 15.6. The highest BCUT2D eigenvalue weighted by Gasteiger charge is 2.18. The standard InChI is InChI=1S/C20H23N3O3S/c1-14-8-4-5-9-16(14)15(2)21-20(24)12-23-18-11-7-6-10-17(18)22-19(23)13-27(3,25)26/h4-11,15H,12-13H2,1-3H3,(H,21,24). The second kappa shape index (κ2) is 7.52. The average molecular weight is 385 g/mol. The van der Waals surface area contributed by atoms with Crippen LogP contribution in [0.1, 0.15) is 29.9 Å². The number of amides is 1. The first-order valence-electron chi connectivity index (χ1n) is 8.71. The fourth-order valence-corrected chi connectivity index (χ4v) is 3.92. The van der Waals surface area contributed by atoms with E-state index in [2.05, 4.69) is 10.3 Å². The topological polar surface area (TPSA) is 81.1 Å². The normalized spacial score (nSPS) is 12.9. The lowest BCUT2D eigenvalue weighted by molar-refractivity contribution is -0.122. The summed E-state index contributed by atoms with van der Waals surface area (Å²) in [4.78, 5) is 17.1. The van der Waals surface area contributed by atoms with Crippen LogP contribution in [0.2, 0.25) is 0 Å². The minimum absolute atomic E-state index is 0.0155. The Labute approximate surface area is 159 Å². The lowest BCUT2D eigenvalue weighted by Gasteiger charge is -2.17. The zero-order chi connectivity index (χ0) is 19.6. The number of fused-ring (bicyclic) bond motifs is 1. The van der Waals surface area contributed by atoms with Crippen molar-refractivity contribution in [1.82, 2.24) is 14.9 Å². The quantitative estimate of drug-likeness (QED) is 0.707. The van der Waals surface area contributed by atoms with Crippen LogP contribution in [0.5, 0.6) is 0 Å². The Morgan fingerprint density at radius 1 is 1.15 bits per heavy atom. The van der Waals surface area contributed by atoms with Crippen molar-refractivity contribution in [3.8, 4) is 0 Å². The highest BCUT2D eigenvalue weighted by atomic mass is 32.2. The summed E-state index contributed by atoms with van der Waals surface area (Å²) in [6.45, 7) is 3.96. The van der Waals surface area contributed by atoms with Crippen molar-refractivity contribution in [1.29, 1.82) is 0 Å². The van der Waals surface area contributed by atoms with Crippen LogP contribution in [0.3, 0.4) is 0 Å². The Morgan fingerprint density at radius 3 is 2.52 bits per heavy atom. The van der Waals surface area contributed by atoms with Gasteiger partial charge in [0.25, 0.3) is 0 Å². The van der Waals surface area contributed by atoms with E-state index < -0.39 is 9.84 Å². The maximum atomic E-state index is 12.7. The maximum Gasteiger partial charge on any atom is 0.240 e. The maximum absolute atomic E-state index is 12.7. The van der Waals surface area contributed by atoms with E-state index in [9.17, 15) is 13.2 Å². The number of sulfone groups is 1. The molecule has 1 unspecified atom stereocenters. The SMILES string of the molecule is Cc1ccccc1C(C)NC(=O)Cn1c(CS(C)(=O)=O)nc2ccccc21. The first-order valence-corrected chi connectivity index (χ1v) is 10.8. The molecule has 0 radical (unpaired) electrons. The number of imidazole rings is 1. The fraction of sp³-hybridized carbons (Fsp3) is 0.300. The van der Waals surface area contributed by atoms with E-state index in [-0.39, 0.29) is 24.2 Å². The van der Waals surface area contributed by atoms with Gasteiger partial charge in [-0.1, -0.05) is 36.4 Å². The van der Waals surface area contributed by atoms with Crippen LogP contribution in [0, 0.1) is 6.92 Å². The molecule has 1 heterocycles. The van der Waals surface area contributed by atoms with Gasteiger partial charge in [0.1, 0.15) is 18.1 Å². The molecule has 0 saturated carbocycles. The molecule has 1 aromatic heterocycles. The van der Waals surface area contributed by atoms with Crippen LogP contribution in [0.15, 0.2) is 48.5 Å². The molecule has 142 valence electrons. The number of hydrogen-bond donors (Lipinski definition) is 1. The minimum Gasteiger partial charge on any atom is -0.348 e. The number of nitrogens with zero attached hydrogens (tertiary/aromatic N) is 2. The predicted octanol–water partition coefficient (Wildman–Crippen LogP) is 2.77. The molecule has 1 N–H and O–H groups in total. The van der Waals surface area contributed by atoms with Crippen LogP contribution in [-0.2, 0) is 26.9 Å². The Balaban J connectivity index is 1.86. The second-order valence-electron chi connectivity index (χ2n) is 6.82. The first kappa shape index (κ1) is 19.1. The van der Waals surface area contributed by atoms with Gasteiger partial charge in [0.05, 0.1) is 17.1 Å². The van der Waals surface area contributed by atoms with E-state index in [4.69, 9.17) is 0 Å². The van der Waals surface area contributed by atoms with Crippen LogP contribution in [0.25, 0.3) is 11.0 Å². The number of carbonyl (C=O) groups is 1. The molecular formula is C20H23N3O3S. The Kier molecular flexibility index (Phi) is 5.32. The number of aryl methyl sites for hydroxylation is 1. The molecule has 0 aliphatic rings. The summed E-state index contributed by atoms with van der Waals surface area (Å²) in [7, 11) is -3.27. The van der Waals surface area contributed by atoms with Gasteiger partial charge >= 0.3 is 0 Å². The van der Waals surface area contributed by atoms with Gasteiger partial charge in [-0.25, -0.2) is 13.4 Å². The third-order valence-electron chi connectivity index (χ3n) is 4.46. The minimum atomic E-state index is -3.27. The van der Waals surface area contributed by atoms with Crippen molar-refractivity contribution in [2.24, 2.45) is 0 Å². The van der Waals surface area contributed by atoms with Crippen molar-refractivity contribution >= 4 is 26.8 Å². The van der Waals surface area contributed by atoms with Crippen molar-refractivity contribution in [2.45, 2.75) is 32.2 Å². The van der Waals surface area contributed by atoms with Crippen LogP contribution in [-0.4, -0.2) is 30.1 Å². The van der Waals surface area contributed by atoms with Crippen LogP contribution >= 0.6 is 0 Å². The van der Waals surface area contributed by atoms with Crippen LogP contribution < -0.4 is 5.32 Å². The third kappa shape index (κ3) is 4.54. The van der Waals surface area contributed by atoms with E-state index in [0.717, 1.165) is 22.9 Å². The molecule has 3 aromatic rings. The van der Waals surface area contributed by atoms with Crippen molar-refractivity contribution < 1.29 is 13.2 Å². The summed E-state index contributed by atoms with van der Waals surface area (Å²) in [5.74, 6) is -0.0245. The molecular weight excluding hydrogens is 362 g/mol. The molecule has 0 bridgehead atoms. The van der Waals surface area contributed by atoms with E-state index in [1.807, 2.05) is 62.4 Å². The van der Waals surface area contributed by atoms with Crippen molar-refractivity contribution in [3.63, 3.8) is 0 Å². The predicted molar refractivity (Wildman–Crippen MR) is 106 cm³/mol. The van der Waals surface area contributed by atoms with Gasteiger partial charge < -0.3 is 9.88 Å². The molecule has 0 spiro atoms. The molecule has 1 amide bonds. The number of carbonyl (C=O) groups excluding carboxylic acids is 1. The van der Waals surface area contributed by atoms with E-state index in [0.29, 0.717) is 11.3 Å². The van der Waals surface area contributed by atoms with E-state index in [1.54, 1.807) is 4.57 Å². The number of hydrogen-bond acceptors (Lipinski definition) is 4. The molecule has 6 nitrogen and oxygen atoms in total. The number of benzene rings is 2. The summed E-state index contributed by atoms with van der Waals surface area (Å²) in [5.41, 5.74) is 3.58. The second-order valence-corrected chi connectivity index (χ2v) is 8.96. The van der Waals surface area contributed by atoms with Gasteiger partial charge in [-0.2, -0.15) is 0 Å². The molecule has 7 heteroatoms. The molecule has 27 heavy (non-hydrogen) atoms. The van der Waals surface area contributed by atoms with Crippen molar-refractivity contribution in [3.05, 3.63) is 65.5 Å². The Hall–Kier alpha value is -2.67. The number of rotatable bonds is 6. The van der Waals surface area contributed by atoms with Gasteiger partial charge in [0, 0.05) is 6.26 Å². The summed E-state index contributed by atoms with van der Waals surface area (Å²) in [6, 6.07) is 15.1. The molecule has 2 aromatic carbocycles. The number of nitrogens with one attached hydrogen (secondary N) is 1. The van der Waals surface area contributed by atoms with Crippen molar-refractivity contribution in [2.75, 3.05) is 6.26 Å². The van der Waals surface area contributed by atoms with Gasteiger partial charge in [-0.3, -0.25) is 4.79 Å². The molecule has 1 atom stereocenters. The summed E-state index contributed by atoms with van der Waals surface area (Å²) in [6.07, 6.45) is 1.16. The van der Waals surface area contributed by atoms with E-state index >= 15 is 0 Å². The average Bonchev–Trinajstić information content (AvgIpc) is 2.90. The van der Waals surface area contributed by atoms with Gasteiger partial charge in [0.15, 0.2) is 9.84 Å². The molecule has 0 fully saturated rings. The summed E-state index contributed by atoms with van der Waals surface area (Å²) in [5, 5.41) is 2.99. The fourth-order valence-electron chi connectivity index (χ4n) is 3.23. The van der Waals surface area contributed by atoms with Gasteiger partial charge in [-0.15, -0.1) is 0 Å². The Morgan fingerprint density at radius 2 is 1.81 bits per heavy atom. The Bertz CT molecular complexity index is 1090. The van der Waals surface area contributed by atoms with Crippen LogP contribution in [0.4, 0.5) is 0 Å². The summed E-state index contributed by atoms with van der Waals surface area (Å²) >= 11 is 0. The zero-order valence-corrected chi connectivity index (χ0v) is 16.5.